The average Bonchev–Trinajstić information content (AvgIpc) is 3.49. The molecular formula is C26H22N4OS. The Kier molecular flexibility index (Phi) is 6.91. The molecule has 1 unspecified atom stereocenters. The van der Waals surface area contributed by atoms with E-state index in [0.717, 1.165) is 27.3 Å². The zero-order valence-electron chi connectivity index (χ0n) is 17.4. The first-order valence-corrected chi connectivity index (χ1v) is 11.2. The van der Waals surface area contributed by atoms with Crippen molar-refractivity contribution in [2.24, 2.45) is 0 Å². The van der Waals surface area contributed by atoms with Crippen LogP contribution >= 0.6 is 11.3 Å². The molecule has 0 aliphatic carbocycles. The van der Waals surface area contributed by atoms with Crippen LogP contribution in [0.2, 0.25) is 0 Å². The van der Waals surface area contributed by atoms with Crippen molar-refractivity contribution in [1.29, 1.82) is 5.26 Å². The number of thiophene rings is 1. The van der Waals surface area contributed by atoms with Gasteiger partial charge in [-0.3, -0.25) is 9.48 Å². The standard InChI is InChI=1S/C26H22N4OS/c27-15-16-30-19-22(26(29-30)24-12-7-17-32-24)13-14-25(31)28-23(21-10-5-2-6-11-21)18-20-8-3-1-4-9-20/h1-14,17,19,23H,16,18H2,(H,28,31)/b14-13+. The molecule has 6 heteroatoms. The highest BCUT2D eigenvalue weighted by Crippen LogP contribution is 2.27. The molecule has 0 aliphatic rings. The van der Waals surface area contributed by atoms with Crippen molar-refractivity contribution in [3.63, 3.8) is 0 Å². The summed E-state index contributed by atoms with van der Waals surface area (Å²) in [6.45, 7) is 0.158. The van der Waals surface area contributed by atoms with Crippen molar-refractivity contribution in [3.8, 4) is 16.6 Å². The molecule has 1 atom stereocenters. The number of benzene rings is 2. The SMILES string of the molecule is N#CCn1cc(/C=C/C(=O)NC(Cc2ccccc2)c2ccccc2)c(-c2cccs2)n1. The van der Waals surface area contributed by atoms with Gasteiger partial charge in [-0.25, -0.2) is 0 Å². The smallest absolute Gasteiger partial charge is 0.244 e. The van der Waals surface area contributed by atoms with Gasteiger partial charge in [0.1, 0.15) is 12.2 Å². The fourth-order valence-electron chi connectivity index (χ4n) is 3.49. The minimum Gasteiger partial charge on any atom is -0.345 e. The molecule has 0 aliphatic heterocycles. The summed E-state index contributed by atoms with van der Waals surface area (Å²) in [7, 11) is 0. The maximum atomic E-state index is 12.8. The molecule has 0 fully saturated rings. The molecule has 2 heterocycles. The lowest BCUT2D eigenvalue weighted by atomic mass is 9.99. The Hall–Kier alpha value is -3.95. The molecule has 1 N–H and O–H groups in total. The van der Waals surface area contributed by atoms with Crippen molar-refractivity contribution in [2.75, 3.05) is 0 Å². The number of carbonyl (C=O) groups is 1. The first-order valence-electron chi connectivity index (χ1n) is 10.3. The van der Waals surface area contributed by atoms with E-state index in [1.807, 2.05) is 66.0 Å². The monoisotopic (exact) mass is 438 g/mol. The van der Waals surface area contributed by atoms with Crippen molar-refractivity contribution in [1.82, 2.24) is 15.1 Å². The van der Waals surface area contributed by atoms with Crippen LogP contribution in [0.3, 0.4) is 0 Å². The number of rotatable bonds is 8. The minimum absolute atomic E-state index is 0.145. The largest absolute Gasteiger partial charge is 0.345 e. The zero-order valence-corrected chi connectivity index (χ0v) is 18.2. The van der Waals surface area contributed by atoms with Gasteiger partial charge in [0, 0.05) is 17.8 Å². The number of hydrogen-bond donors (Lipinski definition) is 1. The Bertz CT molecular complexity index is 1220. The highest BCUT2D eigenvalue weighted by Gasteiger charge is 2.15. The van der Waals surface area contributed by atoms with E-state index >= 15 is 0 Å². The summed E-state index contributed by atoms with van der Waals surface area (Å²) in [5, 5.41) is 18.6. The van der Waals surface area contributed by atoms with Crippen LogP contribution in [-0.2, 0) is 17.8 Å². The number of nitrogens with zero attached hydrogens (tertiary/aromatic N) is 3. The van der Waals surface area contributed by atoms with Gasteiger partial charge < -0.3 is 5.32 Å². The number of aromatic nitrogens is 2. The summed E-state index contributed by atoms with van der Waals surface area (Å²) >= 11 is 1.57. The van der Waals surface area contributed by atoms with E-state index in [1.54, 1.807) is 28.3 Å². The molecule has 1 amide bonds. The molecule has 158 valence electrons. The lowest BCUT2D eigenvalue weighted by molar-refractivity contribution is -0.117. The molecule has 32 heavy (non-hydrogen) atoms. The Morgan fingerprint density at radius 2 is 1.84 bits per heavy atom. The van der Waals surface area contributed by atoms with E-state index in [-0.39, 0.29) is 18.5 Å². The molecule has 5 nitrogen and oxygen atoms in total. The first-order chi connectivity index (χ1) is 15.7. The number of nitriles is 1. The predicted molar refractivity (Wildman–Crippen MR) is 128 cm³/mol. The van der Waals surface area contributed by atoms with Gasteiger partial charge in [-0.15, -0.1) is 11.3 Å². The molecule has 0 radical (unpaired) electrons. The molecule has 0 bridgehead atoms. The minimum atomic E-state index is -0.181. The van der Waals surface area contributed by atoms with Gasteiger partial charge in [-0.1, -0.05) is 66.7 Å². The van der Waals surface area contributed by atoms with Crippen molar-refractivity contribution >= 4 is 23.3 Å². The Balaban J connectivity index is 1.54. The number of carbonyl (C=O) groups excluding carboxylic acids is 1. The second-order valence-corrected chi connectivity index (χ2v) is 8.21. The Morgan fingerprint density at radius 3 is 2.53 bits per heavy atom. The number of nitrogens with one attached hydrogen (secondary N) is 1. The molecule has 2 aromatic carbocycles. The molecule has 0 spiro atoms. The molecule has 2 aromatic heterocycles. The van der Waals surface area contributed by atoms with E-state index in [4.69, 9.17) is 5.26 Å². The molecule has 4 rings (SSSR count). The van der Waals surface area contributed by atoms with Crippen LogP contribution in [0.25, 0.3) is 16.6 Å². The Morgan fingerprint density at radius 1 is 1.09 bits per heavy atom. The lowest BCUT2D eigenvalue weighted by Crippen LogP contribution is -2.28. The lowest BCUT2D eigenvalue weighted by Gasteiger charge is -2.18. The summed E-state index contributed by atoms with van der Waals surface area (Å²) in [6, 6.07) is 26.0. The van der Waals surface area contributed by atoms with Crippen LogP contribution in [0.15, 0.2) is 90.4 Å². The van der Waals surface area contributed by atoms with Crippen molar-refractivity contribution in [3.05, 3.63) is 107 Å². The maximum absolute atomic E-state index is 12.8. The Labute approximate surface area is 191 Å². The van der Waals surface area contributed by atoms with Gasteiger partial charge in [0.25, 0.3) is 0 Å². The van der Waals surface area contributed by atoms with Gasteiger partial charge in [0.2, 0.25) is 5.91 Å². The quantitative estimate of drug-likeness (QED) is 0.382. The summed E-state index contributed by atoms with van der Waals surface area (Å²) in [5.41, 5.74) is 3.78. The maximum Gasteiger partial charge on any atom is 0.244 e. The van der Waals surface area contributed by atoms with E-state index in [1.165, 1.54) is 6.08 Å². The third kappa shape index (κ3) is 5.39. The second-order valence-electron chi connectivity index (χ2n) is 7.26. The first kappa shape index (κ1) is 21.3. The summed E-state index contributed by atoms with van der Waals surface area (Å²) in [5.74, 6) is -0.181. The van der Waals surface area contributed by atoms with Crippen LogP contribution in [0.5, 0.6) is 0 Å². The fourth-order valence-corrected chi connectivity index (χ4v) is 4.22. The predicted octanol–water partition coefficient (Wildman–Crippen LogP) is 5.25. The van der Waals surface area contributed by atoms with Crippen LogP contribution in [-0.4, -0.2) is 15.7 Å². The summed E-state index contributed by atoms with van der Waals surface area (Å²) in [6.07, 6.45) is 5.79. The van der Waals surface area contributed by atoms with E-state index in [9.17, 15) is 4.79 Å². The number of amides is 1. The van der Waals surface area contributed by atoms with Crippen molar-refractivity contribution < 1.29 is 4.79 Å². The van der Waals surface area contributed by atoms with Gasteiger partial charge >= 0.3 is 0 Å². The van der Waals surface area contributed by atoms with Crippen molar-refractivity contribution in [2.45, 2.75) is 19.0 Å². The van der Waals surface area contributed by atoms with E-state index in [2.05, 4.69) is 28.6 Å². The summed E-state index contributed by atoms with van der Waals surface area (Å²) in [4.78, 5) is 13.8. The van der Waals surface area contributed by atoms with Crippen LogP contribution in [0.1, 0.15) is 22.7 Å². The van der Waals surface area contributed by atoms with E-state index in [0.29, 0.717) is 6.42 Å². The van der Waals surface area contributed by atoms with Crippen LogP contribution < -0.4 is 5.32 Å². The molecule has 4 aromatic rings. The number of hydrogen-bond acceptors (Lipinski definition) is 4. The topological polar surface area (TPSA) is 70.7 Å². The van der Waals surface area contributed by atoms with E-state index < -0.39 is 0 Å². The third-order valence-corrected chi connectivity index (χ3v) is 5.87. The third-order valence-electron chi connectivity index (χ3n) is 4.99. The highest BCUT2D eigenvalue weighted by molar-refractivity contribution is 7.13. The highest BCUT2D eigenvalue weighted by atomic mass is 32.1. The molecule has 0 saturated carbocycles. The normalized spacial score (nSPS) is 11.8. The molecular weight excluding hydrogens is 416 g/mol. The van der Waals surface area contributed by atoms with Gasteiger partial charge in [-0.2, -0.15) is 10.4 Å². The van der Waals surface area contributed by atoms with Gasteiger partial charge in [0.15, 0.2) is 0 Å². The summed E-state index contributed by atoms with van der Waals surface area (Å²) < 4.78 is 1.59. The van der Waals surface area contributed by atoms with Crippen LogP contribution in [0, 0.1) is 11.3 Å². The fraction of sp³-hybridized carbons (Fsp3) is 0.115. The van der Waals surface area contributed by atoms with Crippen LogP contribution in [0.4, 0.5) is 0 Å². The zero-order chi connectivity index (χ0) is 22.2. The van der Waals surface area contributed by atoms with Gasteiger partial charge in [-0.05, 0) is 35.1 Å². The average molecular weight is 439 g/mol. The molecule has 0 saturated heterocycles. The second kappa shape index (κ2) is 10.4. The van der Waals surface area contributed by atoms with Gasteiger partial charge in [0.05, 0.1) is 17.0 Å².